The maximum absolute atomic E-state index is 6.44. The van der Waals surface area contributed by atoms with E-state index in [4.69, 9.17) is 24.9 Å². The van der Waals surface area contributed by atoms with Crippen molar-refractivity contribution in [2.24, 2.45) is 28.1 Å². The lowest BCUT2D eigenvalue weighted by molar-refractivity contribution is 0.173. The number of aromatic nitrogens is 1. The predicted octanol–water partition coefficient (Wildman–Crippen LogP) is 5.30. The van der Waals surface area contributed by atoms with Gasteiger partial charge in [0.05, 0.1) is 25.6 Å². The zero-order valence-corrected chi connectivity index (χ0v) is 22.4. The second-order valence-corrected chi connectivity index (χ2v) is 10.9. The number of hydrazone groups is 1. The standard InChI is InChI=1S/C27H30N4O3S2/c1-16-21(30-25(36-16)17-8-6-5-7-9-17)15-34-22-12-18(32-2)10-11-27-13-19(23(27)24(22)27)20(28)14-29-31-26(33-3)35-4/h5-10,12-14,23-24,29H,11,15,28H2,1-4H3/b20-14-,31-26-/t23-,24+,27?/m1/s1. The second kappa shape index (κ2) is 10.1. The lowest BCUT2D eigenvalue weighted by atomic mass is 9.82. The van der Waals surface area contributed by atoms with Crippen LogP contribution in [-0.2, 0) is 20.8 Å². The number of hydrogen-bond donors (Lipinski definition) is 2. The lowest BCUT2D eigenvalue weighted by Gasteiger charge is -2.23. The van der Waals surface area contributed by atoms with E-state index in [0.717, 1.165) is 44.7 Å². The van der Waals surface area contributed by atoms with Crippen LogP contribution in [0, 0.1) is 24.2 Å². The second-order valence-electron chi connectivity index (χ2n) is 8.92. The smallest absolute Gasteiger partial charge is 0.267 e. The number of allylic oxidation sites excluding steroid dienone is 5. The number of aryl methyl sites for hydroxylation is 1. The third-order valence-corrected chi connectivity index (χ3v) is 8.64. The summed E-state index contributed by atoms with van der Waals surface area (Å²) in [5.74, 6) is 2.31. The van der Waals surface area contributed by atoms with E-state index in [1.807, 2.05) is 30.5 Å². The van der Waals surface area contributed by atoms with Gasteiger partial charge in [0, 0.05) is 40.0 Å². The van der Waals surface area contributed by atoms with Gasteiger partial charge in [-0.15, -0.1) is 16.4 Å². The Balaban J connectivity index is 1.31. The molecule has 1 saturated carbocycles. The summed E-state index contributed by atoms with van der Waals surface area (Å²) in [5, 5.41) is 5.72. The van der Waals surface area contributed by atoms with Crippen molar-refractivity contribution >= 4 is 28.3 Å². The molecule has 36 heavy (non-hydrogen) atoms. The molecule has 1 spiro atoms. The molecule has 188 valence electrons. The van der Waals surface area contributed by atoms with Crippen molar-refractivity contribution in [1.29, 1.82) is 0 Å². The van der Waals surface area contributed by atoms with Crippen LogP contribution in [0.2, 0.25) is 0 Å². The number of methoxy groups -OCH3 is 2. The maximum Gasteiger partial charge on any atom is 0.267 e. The Morgan fingerprint density at radius 1 is 1.31 bits per heavy atom. The SMILES string of the molecule is COC1=CCC23C=C(/C(N)=C/N/N=C(/OC)SC)[C@@H]2[C@@H]3C(OCc2nc(-c3ccccc3)sc2C)=C1. The largest absolute Gasteiger partial charge is 0.497 e. The van der Waals surface area contributed by atoms with E-state index in [2.05, 4.69) is 41.7 Å². The highest BCUT2D eigenvalue weighted by atomic mass is 32.2. The number of thioether (sulfide) groups is 1. The van der Waals surface area contributed by atoms with Gasteiger partial charge in [-0.3, -0.25) is 5.43 Å². The van der Waals surface area contributed by atoms with Crippen LogP contribution in [0.1, 0.15) is 17.0 Å². The fourth-order valence-corrected chi connectivity index (χ4v) is 6.30. The van der Waals surface area contributed by atoms with Gasteiger partial charge >= 0.3 is 0 Å². The van der Waals surface area contributed by atoms with E-state index >= 15 is 0 Å². The predicted molar refractivity (Wildman–Crippen MR) is 146 cm³/mol. The Labute approximate surface area is 219 Å². The summed E-state index contributed by atoms with van der Waals surface area (Å²) >= 11 is 3.11. The Bertz CT molecular complexity index is 1290. The molecular weight excluding hydrogens is 492 g/mol. The zero-order valence-electron chi connectivity index (χ0n) is 20.8. The number of rotatable bonds is 8. The summed E-state index contributed by atoms with van der Waals surface area (Å²) in [6.07, 6.45) is 11.0. The number of nitrogens with two attached hydrogens (primary N) is 1. The van der Waals surface area contributed by atoms with Crippen molar-refractivity contribution in [1.82, 2.24) is 10.4 Å². The first-order valence-corrected chi connectivity index (χ1v) is 13.7. The molecule has 3 aliphatic carbocycles. The number of hydrogen-bond acceptors (Lipinski definition) is 9. The van der Waals surface area contributed by atoms with E-state index in [-0.39, 0.29) is 11.3 Å². The van der Waals surface area contributed by atoms with Gasteiger partial charge in [-0.1, -0.05) is 48.2 Å². The lowest BCUT2D eigenvalue weighted by Crippen LogP contribution is -2.19. The van der Waals surface area contributed by atoms with Crippen LogP contribution in [0.15, 0.2) is 82.6 Å². The van der Waals surface area contributed by atoms with Gasteiger partial charge in [-0.25, -0.2) is 4.98 Å². The summed E-state index contributed by atoms with van der Waals surface area (Å²) in [4.78, 5) is 6.03. The van der Waals surface area contributed by atoms with Crippen LogP contribution in [0.25, 0.3) is 10.6 Å². The minimum Gasteiger partial charge on any atom is -0.497 e. The Kier molecular flexibility index (Phi) is 6.85. The molecular formula is C27H30N4O3S2. The van der Waals surface area contributed by atoms with Crippen LogP contribution < -0.4 is 11.2 Å². The topological polar surface area (TPSA) is 91.0 Å². The zero-order chi connectivity index (χ0) is 25.3. The maximum atomic E-state index is 6.44. The Hall–Kier alpha value is -3.17. The Morgan fingerprint density at radius 3 is 2.83 bits per heavy atom. The van der Waals surface area contributed by atoms with Gasteiger partial charge in [0.2, 0.25) is 0 Å². The summed E-state index contributed by atoms with van der Waals surface area (Å²) in [5.41, 5.74) is 13.2. The van der Waals surface area contributed by atoms with Crippen LogP contribution in [0.5, 0.6) is 0 Å². The summed E-state index contributed by atoms with van der Waals surface area (Å²) in [6, 6.07) is 10.2. The number of fused-ring (bicyclic) bond motifs is 1. The van der Waals surface area contributed by atoms with Crippen molar-refractivity contribution in [3.05, 3.63) is 88.1 Å². The van der Waals surface area contributed by atoms with Gasteiger partial charge in [-0.05, 0) is 31.2 Å². The van der Waals surface area contributed by atoms with Crippen molar-refractivity contribution < 1.29 is 14.2 Å². The molecule has 9 heteroatoms. The Morgan fingerprint density at radius 2 is 2.11 bits per heavy atom. The average Bonchev–Trinajstić information content (AvgIpc) is 3.25. The summed E-state index contributed by atoms with van der Waals surface area (Å²) in [7, 11) is 3.28. The number of thiazole rings is 1. The fraction of sp³-hybridized carbons (Fsp3) is 0.333. The third kappa shape index (κ3) is 4.41. The number of nitrogens with zero attached hydrogens (tertiary/aromatic N) is 2. The monoisotopic (exact) mass is 522 g/mol. The molecule has 0 amide bonds. The highest BCUT2D eigenvalue weighted by molar-refractivity contribution is 8.12. The summed E-state index contributed by atoms with van der Waals surface area (Å²) in [6.45, 7) is 2.52. The van der Waals surface area contributed by atoms with Crippen LogP contribution in [0.4, 0.5) is 0 Å². The van der Waals surface area contributed by atoms with Gasteiger partial charge in [-0.2, -0.15) is 0 Å². The molecule has 0 aliphatic heterocycles. The van der Waals surface area contributed by atoms with Gasteiger partial charge < -0.3 is 19.9 Å². The summed E-state index contributed by atoms with van der Waals surface area (Å²) < 4.78 is 17.2. The van der Waals surface area contributed by atoms with Crippen LogP contribution in [0.3, 0.4) is 0 Å². The van der Waals surface area contributed by atoms with Crippen molar-refractivity contribution in [2.75, 3.05) is 20.5 Å². The molecule has 0 saturated heterocycles. The number of ether oxygens (including phenoxy) is 3. The molecule has 3 N–H and O–H groups in total. The molecule has 2 aromatic rings. The first-order chi connectivity index (χ1) is 17.5. The molecule has 1 aromatic heterocycles. The van der Waals surface area contributed by atoms with Crippen LogP contribution >= 0.6 is 23.1 Å². The number of benzene rings is 1. The van der Waals surface area contributed by atoms with Crippen molar-refractivity contribution in [3.63, 3.8) is 0 Å². The minimum atomic E-state index is 0.0342. The highest BCUT2D eigenvalue weighted by Crippen LogP contribution is 2.76. The third-order valence-electron chi connectivity index (χ3n) is 6.97. The van der Waals surface area contributed by atoms with E-state index in [9.17, 15) is 0 Å². The molecule has 1 aromatic carbocycles. The quantitative estimate of drug-likeness (QED) is 0.276. The van der Waals surface area contributed by atoms with Gasteiger partial charge in [0.1, 0.15) is 23.1 Å². The van der Waals surface area contributed by atoms with Gasteiger partial charge in [0.15, 0.2) is 0 Å². The molecule has 1 unspecified atom stereocenters. The minimum absolute atomic E-state index is 0.0342. The van der Waals surface area contributed by atoms with Crippen LogP contribution in [-0.4, -0.2) is 30.7 Å². The van der Waals surface area contributed by atoms with E-state index in [0.29, 0.717) is 23.5 Å². The molecule has 0 bridgehead atoms. The van der Waals surface area contributed by atoms with Crippen molar-refractivity contribution in [2.45, 2.75) is 20.0 Å². The fourth-order valence-electron chi connectivity index (χ4n) is 5.07. The molecule has 1 heterocycles. The molecule has 0 radical (unpaired) electrons. The van der Waals surface area contributed by atoms with E-state index in [1.165, 1.54) is 11.8 Å². The first kappa shape index (κ1) is 24.5. The molecule has 7 nitrogen and oxygen atoms in total. The first-order valence-electron chi connectivity index (χ1n) is 11.7. The van der Waals surface area contributed by atoms with E-state index < -0.39 is 0 Å². The van der Waals surface area contributed by atoms with E-state index in [1.54, 1.807) is 31.8 Å². The normalized spacial score (nSPS) is 24.7. The highest BCUT2D eigenvalue weighted by Gasteiger charge is 2.72. The molecule has 3 aliphatic rings. The average molecular weight is 523 g/mol. The number of nitrogens with one attached hydrogen (secondary N) is 1. The molecule has 1 fully saturated rings. The molecule has 5 rings (SSSR count). The van der Waals surface area contributed by atoms with Crippen molar-refractivity contribution in [3.8, 4) is 10.6 Å². The molecule has 3 atom stereocenters. The van der Waals surface area contributed by atoms with Gasteiger partial charge in [0.25, 0.3) is 5.23 Å².